The minimum Gasteiger partial charge on any atom is -0.488 e. The lowest BCUT2D eigenvalue weighted by Crippen LogP contribution is -2.08. The lowest BCUT2D eigenvalue weighted by atomic mass is 10.2. The zero-order chi connectivity index (χ0) is 14.1. The van der Waals surface area contributed by atoms with Gasteiger partial charge in [0.15, 0.2) is 11.6 Å². The van der Waals surface area contributed by atoms with Gasteiger partial charge in [-0.3, -0.25) is 0 Å². The van der Waals surface area contributed by atoms with Crippen LogP contribution < -0.4 is 4.74 Å². The van der Waals surface area contributed by atoms with Gasteiger partial charge in [0.25, 0.3) is 0 Å². The molecule has 0 aliphatic carbocycles. The zero-order valence-corrected chi connectivity index (χ0v) is 10.8. The van der Waals surface area contributed by atoms with E-state index in [0.717, 1.165) is 12.5 Å². The van der Waals surface area contributed by atoms with Crippen LogP contribution in [0.2, 0.25) is 0 Å². The molecular formula is C14H17FO4. The predicted molar refractivity (Wildman–Crippen MR) is 69.7 cm³/mol. The SMILES string of the molecule is CCCOCCOc1ccc(/C=C/C(=O)O)cc1F. The van der Waals surface area contributed by atoms with E-state index in [-0.39, 0.29) is 12.4 Å². The second-order valence-corrected chi connectivity index (χ2v) is 3.82. The predicted octanol–water partition coefficient (Wildman–Crippen LogP) is 2.73. The largest absolute Gasteiger partial charge is 0.488 e. The minimum absolute atomic E-state index is 0.132. The third kappa shape index (κ3) is 6.01. The topological polar surface area (TPSA) is 55.8 Å². The molecule has 0 fully saturated rings. The number of carboxylic acids is 1. The molecule has 0 aliphatic heterocycles. The molecule has 0 bridgehead atoms. The Morgan fingerprint density at radius 3 is 2.79 bits per heavy atom. The second-order valence-electron chi connectivity index (χ2n) is 3.82. The molecule has 1 aromatic carbocycles. The summed E-state index contributed by atoms with van der Waals surface area (Å²) < 4.78 is 24.0. The van der Waals surface area contributed by atoms with Crippen LogP contribution in [-0.4, -0.2) is 30.9 Å². The Balaban J connectivity index is 2.50. The quantitative estimate of drug-likeness (QED) is 0.582. The summed E-state index contributed by atoms with van der Waals surface area (Å²) in [6.07, 6.45) is 3.20. The molecule has 0 saturated carbocycles. The van der Waals surface area contributed by atoms with Crippen LogP contribution in [0, 0.1) is 5.82 Å². The summed E-state index contributed by atoms with van der Waals surface area (Å²) in [4.78, 5) is 10.3. The van der Waals surface area contributed by atoms with Crippen molar-refractivity contribution in [2.24, 2.45) is 0 Å². The molecule has 0 saturated heterocycles. The summed E-state index contributed by atoms with van der Waals surface area (Å²) in [5.74, 6) is -1.47. The van der Waals surface area contributed by atoms with E-state index in [1.165, 1.54) is 18.2 Å². The van der Waals surface area contributed by atoms with E-state index in [9.17, 15) is 9.18 Å². The molecule has 0 atom stereocenters. The molecule has 1 rings (SSSR count). The number of ether oxygens (including phenoxy) is 2. The van der Waals surface area contributed by atoms with Crippen LogP contribution in [-0.2, 0) is 9.53 Å². The summed E-state index contributed by atoms with van der Waals surface area (Å²) in [7, 11) is 0. The van der Waals surface area contributed by atoms with Gasteiger partial charge in [-0.05, 0) is 30.2 Å². The molecule has 0 unspecified atom stereocenters. The highest BCUT2D eigenvalue weighted by molar-refractivity contribution is 5.85. The molecule has 1 aromatic rings. The zero-order valence-electron chi connectivity index (χ0n) is 10.8. The first-order valence-electron chi connectivity index (χ1n) is 6.04. The number of hydrogen-bond acceptors (Lipinski definition) is 3. The fraction of sp³-hybridized carbons (Fsp3) is 0.357. The van der Waals surface area contributed by atoms with Crippen LogP contribution in [0.4, 0.5) is 4.39 Å². The average Bonchev–Trinajstić information content (AvgIpc) is 2.38. The lowest BCUT2D eigenvalue weighted by molar-refractivity contribution is -0.131. The van der Waals surface area contributed by atoms with E-state index in [2.05, 4.69) is 0 Å². The van der Waals surface area contributed by atoms with Crippen molar-refractivity contribution in [1.82, 2.24) is 0 Å². The molecule has 5 heteroatoms. The van der Waals surface area contributed by atoms with Gasteiger partial charge in [-0.1, -0.05) is 13.0 Å². The van der Waals surface area contributed by atoms with Crippen LogP contribution in [0.15, 0.2) is 24.3 Å². The third-order valence-corrected chi connectivity index (χ3v) is 2.21. The van der Waals surface area contributed by atoms with Crippen molar-refractivity contribution >= 4 is 12.0 Å². The first-order chi connectivity index (χ1) is 9.13. The summed E-state index contributed by atoms with van der Waals surface area (Å²) >= 11 is 0. The average molecular weight is 268 g/mol. The van der Waals surface area contributed by atoms with Gasteiger partial charge in [-0.25, -0.2) is 9.18 Å². The van der Waals surface area contributed by atoms with Crippen molar-refractivity contribution in [2.45, 2.75) is 13.3 Å². The van der Waals surface area contributed by atoms with Gasteiger partial charge in [0, 0.05) is 12.7 Å². The summed E-state index contributed by atoms with van der Waals surface area (Å²) in [6, 6.07) is 4.28. The van der Waals surface area contributed by atoms with E-state index in [0.29, 0.717) is 18.8 Å². The van der Waals surface area contributed by atoms with Gasteiger partial charge in [0.1, 0.15) is 6.61 Å². The maximum atomic E-state index is 13.6. The first kappa shape index (κ1) is 15.2. The van der Waals surface area contributed by atoms with Gasteiger partial charge in [-0.15, -0.1) is 0 Å². The van der Waals surface area contributed by atoms with E-state index in [1.54, 1.807) is 6.07 Å². The Hall–Kier alpha value is -1.88. The van der Waals surface area contributed by atoms with E-state index in [4.69, 9.17) is 14.6 Å². The monoisotopic (exact) mass is 268 g/mol. The molecular weight excluding hydrogens is 251 g/mol. The van der Waals surface area contributed by atoms with Gasteiger partial charge in [0.05, 0.1) is 6.61 Å². The summed E-state index contributed by atoms with van der Waals surface area (Å²) in [5.41, 5.74) is 0.467. The van der Waals surface area contributed by atoms with Crippen molar-refractivity contribution in [3.63, 3.8) is 0 Å². The molecule has 0 aromatic heterocycles. The first-order valence-corrected chi connectivity index (χ1v) is 6.04. The van der Waals surface area contributed by atoms with Crippen molar-refractivity contribution < 1.29 is 23.8 Å². The number of benzene rings is 1. The molecule has 0 amide bonds. The van der Waals surface area contributed by atoms with Crippen molar-refractivity contribution in [2.75, 3.05) is 19.8 Å². The van der Waals surface area contributed by atoms with E-state index >= 15 is 0 Å². The smallest absolute Gasteiger partial charge is 0.328 e. The van der Waals surface area contributed by atoms with Crippen molar-refractivity contribution in [1.29, 1.82) is 0 Å². The molecule has 0 spiro atoms. The standard InChI is InChI=1S/C14H17FO4/c1-2-7-18-8-9-19-13-5-3-11(10-12(13)15)4-6-14(16)17/h3-6,10H,2,7-9H2,1H3,(H,16,17)/b6-4+. The summed E-state index contributed by atoms with van der Waals surface area (Å²) in [5, 5.41) is 8.47. The molecule has 104 valence electrons. The number of carbonyl (C=O) groups is 1. The Morgan fingerprint density at radius 1 is 1.37 bits per heavy atom. The third-order valence-electron chi connectivity index (χ3n) is 2.21. The van der Waals surface area contributed by atoms with Crippen molar-refractivity contribution in [3.8, 4) is 5.75 Å². The van der Waals surface area contributed by atoms with Crippen LogP contribution in [0.3, 0.4) is 0 Å². The number of rotatable bonds is 8. The van der Waals surface area contributed by atoms with Gasteiger partial charge >= 0.3 is 5.97 Å². The van der Waals surface area contributed by atoms with E-state index < -0.39 is 11.8 Å². The molecule has 0 heterocycles. The highest BCUT2D eigenvalue weighted by Gasteiger charge is 2.03. The summed E-state index contributed by atoms with van der Waals surface area (Å²) in [6.45, 7) is 3.35. The maximum absolute atomic E-state index is 13.6. The molecule has 19 heavy (non-hydrogen) atoms. The maximum Gasteiger partial charge on any atom is 0.328 e. The second kappa shape index (κ2) is 8.26. The Labute approximate surface area is 111 Å². The molecule has 1 N–H and O–H groups in total. The highest BCUT2D eigenvalue weighted by atomic mass is 19.1. The molecule has 4 nitrogen and oxygen atoms in total. The Morgan fingerprint density at radius 2 is 2.16 bits per heavy atom. The van der Waals surface area contributed by atoms with Gasteiger partial charge in [0.2, 0.25) is 0 Å². The molecule has 0 radical (unpaired) electrons. The Kier molecular flexibility index (Phi) is 6.60. The Bertz CT molecular complexity index is 443. The molecule has 0 aliphatic rings. The van der Waals surface area contributed by atoms with Crippen LogP contribution in [0.5, 0.6) is 5.75 Å². The van der Waals surface area contributed by atoms with E-state index in [1.807, 2.05) is 6.92 Å². The fourth-order valence-corrected chi connectivity index (χ4v) is 1.36. The lowest BCUT2D eigenvalue weighted by Gasteiger charge is -2.08. The normalized spacial score (nSPS) is 10.8. The minimum atomic E-state index is -1.08. The fourth-order valence-electron chi connectivity index (χ4n) is 1.36. The van der Waals surface area contributed by atoms with Crippen LogP contribution in [0.25, 0.3) is 6.08 Å². The highest BCUT2D eigenvalue weighted by Crippen LogP contribution is 2.19. The van der Waals surface area contributed by atoms with Gasteiger partial charge in [-0.2, -0.15) is 0 Å². The van der Waals surface area contributed by atoms with Crippen LogP contribution >= 0.6 is 0 Å². The number of halogens is 1. The van der Waals surface area contributed by atoms with Crippen LogP contribution in [0.1, 0.15) is 18.9 Å². The van der Waals surface area contributed by atoms with Crippen molar-refractivity contribution in [3.05, 3.63) is 35.7 Å². The number of carboxylic acid groups (broad SMARTS) is 1. The number of aliphatic carboxylic acids is 1. The van der Waals surface area contributed by atoms with Gasteiger partial charge < -0.3 is 14.6 Å². The number of hydrogen-bond donors (Lipinski definition) is 1.